The fourth-order valence-electron chi connectivity index (χ4n) is 2.18. The van der Waals surface area contributed by atoms with Crippen molar-refractivity contribution >= 4 is 27.3 Å². The second-order valence-electron chi connectivity index (χ2n) is 5.33. The molecular weight excluding hydrogens is 328 g/mol. The van der Waals surface area contributed by atoms with Gasteiger partial charge in [-0.2, -0.15) is 0 Å². The topological polar surface area (TPSA) is 75.7 Å². The highest BCUT2D eigenvalue weighted by atomic mass is 32.2. The molecule has 24 heavy (non-hydrogen) atoms. The molecule has 2 aromatic carbocycles. The molecule has 0 aliphatic heterocycles. The molecule has 0 aliphatic carbocycles. The second kappa shape index (κ2) is 7.35. The molecule has 1 amide bonds. The van der Waals surface area contributed by atoms with Gasteiger partial charge in [0.2, 0.25) is 15.9 Å². The Balaban J connectivity index is 2.20. The quantitative estimate of drug-likeness (QED) is 0.870. The zero-order chi connectivity index (χ0) is 17.7. The molecular formula is C17H20N2O4S. The van der Waals surface area contributed by atoms with Crippen LogP contribution >= 0.6 is 0 Å². The SMILES string of the molecule is COc1ccc(N(CC(=O)Nc2ccccc2C)S(C)(=O)=O)cc1. The van der Waals surface area contributed by atoms with Gasteiger partial charge in [0.05, 0.1) is 19.1 Å². The first-order chi connectivity index (χ1) is 11.3. The molecule has 6 nitrogen and oxygen atoms in total. The molecule has 0 saturated carbocycles. The van der Waals surface area contributed by atoms with Crippen LogP contribution in [0.2, 0.25) is 0 Å². The number of para-hydroxylation sites is 1. The van der Waals surface area contributed by atoms with E-state index >= 15 is 0 Å². The van der Waals surface area contributed by atoms with Crippen LogP contribution in [-0.2, 0) is 14.8 Å². The molecule has 0 atom stereocenters. The summed E-state index contributed by atoms with van der Waals surface area (Å²) >= 11 is 0. The summed E-state index contributed by atoms with van der Waals surface area (Å²) in [4.78, 5) is 12.3. The average molecular weight is 348 g/mol. The number of sulfonamides is 1. The Labute approximate surface area is 142 Å². The number of methoxy groups -OCH3 is 1. The van der Waals surface area contributed by atoms with Crippen LogP contribution in [-0.4, -0.2) is 34.2 Å². The molecule has 128 valence electrons. The number of rotatable bonds is 6. The monoisotopic (exact) mass is 348 g/mol. The normalized spacial score (nSPS) is 11.0. The maximum Gasteiger partial charge on any atom is 0.245 e. The van der Waals surface area contributed by atoms with Crippen LogP contribution in [0.3, 0.4) is 0 Å². The lowest BCUT2D eigenvalue weighted by atomic mass is 10.2. The van der Waals surface area contributed by atoms with E-state index in [2.05, 4.69) is 5.32 Å². The number of carbonyl (C=O) groups excluding carboxylic acids is 1. The molecule has 0 saturated heterocycles. The van der Waals surface area contributed by atoms with Crippen LogP contribution in [0.15, 0.2) is 48.5 Å². The van der Waals surface area contributed by atoms with Crippen molar-refractivity contribution in [2.45, 2.75) is 6.92 Å². The van der Waals surface area contributed by atoms with Crippen LogP contribution in [0.25, 0.3) is 0 Å². The number of hydrogen-bond acceptors (Lipinski definition) is 4. The molecule has 2 rings (SSSR count). The van der Waals surface area contributed by atoms with Gasteiger partial charge in [0.1, 0.15) is 12.3 Å². The Morgan fingerprint density at radius 1 is 1.12 bits per heavy atom. The maximum absolute atomic E-state index is 12.3. The lowest BCUT2D eigenvalue weighted by molar-refractivity contribution is -0.114. The van der Waals surface area contributed by atoms with Gasteiger partial charge in [-0.25, -0.2) is 8.42 Å². The van der Waals surface area contributed by atoms with E-state index < -0.39 is 15.9 Å². The molecule has 0 heterocycles. The number of benzene rings is 2. The van der Waals surface area contributed by atoms with Crippen molar-refractivity contribution in [2.24, 2.45) is 0 Å². The minimum Gasteiger partial charge on any atom is -0.497 e. The number of carbonyl (C=O) groups is 1. The Kier molecular flexibility index (Phi) is 5.46. The maximum atomic E-state index is 12.3. The van der Waals surface area contributed by atoms with E-state index in [4.69, 9.17) is 4.74 Å². The number of hydrogen-bond donors (Lipinski definition) is 1. The highest BCUT2D eigenvalue weighted by molar-refractivity contribution is 7.92. The summed E-state index contributed by atoms with van der Waals surface area (Å²) in [7, 11) is -2.08. The van der Waals surface area contributed by atoms with E-state index in [1.54, 1.807) is 36.4 Å². The zero-order valence-electron chi connectivity index (χ0n) is 13.8. The smallest absolute Gasteiger partial charge is 0.245 e. The van der Waals surface area contributed by atoms with E-state index in [-0.39, 0.29) is 6.54 Å². The highest BCUT2D eigenvalue weighted by Gasteiger charge is 2.21. The van der Waals surface area contributed by atoms with Gasteiger partial charge in [-0.1, -0.05) is 18.2 Å². The van der Waals surface area contributed by atoms with E-state index in [0.29, 0.717) is 17.1 Å². The molecule has 0 radical (unpaired) electrons. The summed E-state index contributed by atoms with van der Waals surface area (Å²) in [5, 5.41) is 2.74. The fraction of sp³-hybridized carbons (Fsp3) is 0.235. The zero-order valence-corrected chi connectivity index (χ0v) is 14.6. The number of aryl methyl sites for hydroxylation is 1. The lowest BCUT2D eigenvalue weighted by Crippen LogP contribution is -2.37. The third-order valence-corrected chi connectivity index (χ3v) is 4.61. The predicted molar refractivity (Wildman–Crippen MR) is 95.0 cm³/mol. The molecule has 7 heteroatoms. The summed E-state index contributed by atoms with van der Waals surface area (Å²) in [6.45, 7) is 1.56. The number of anilines is 2. The van der Waals surface area contributed by atoms with Gasteiger partial charge in [-0.05, 0) is 42.8 Å². The minimum absolute atomic E-state index is 0.306. The number of nitrogens with one attached hydrogen (secondary N) is 1. The van der Waals surface area contributed by atoms with Crippen molar-refractivity contribution in [1.29, 1.82) is 0 Å². The largest absolute Gasteiger partial charge is 0.497 e. The Bertz CT molecular complexity index is 817. The number of ether oxygens (including phenoxy) is 1. The van der Waals surface area contributed by atoms with Crippen molar-refractivity contribution in [3.8, 4) is 5.75 Å². The second-order valence-corrected chi connectivity index (χ2v) is 7.24. The average Bonchev–Trinajstić information content (AvgIpc) is 2.54. The van der Waals surface area contributed by atoms with Crippen molar-refractivity contribution in [1.82, 2.24) is 0 Å². The predicted octanol–water partition coefficient (Wildman–Crippen LogP) is 2.41. The summed E-state index contributed by atoms with van der Waals surface area (Å²) < 4.78 is 30.2. The minimum atomic E-state index is -3.60. The van der Waals surface area contributed by atoms with Gasteiger partial charge in [-0.3, -0.25) is 9.10 Å². The molecule has 0 aliphatic rings. The molecule has 0 bridgehead atoms. The molecule has 1 N–H and O–H groups in total. The van der Waals surface area contributed by atoms with E-state index in [9.17, 15) is 13.2 Å². The summed E-state index contributed by atoms with van der Waals surface area (Å²) in [6, 6.07) is 13.8. The third-order valence-electron chi connectivity index (χ3n) is 3.47. The molecule has 2 aromatic rings. The standard InChI is InChI=1S/C17H20N2O4S/c1-13-6-4-5-7-16(13)18-17(20)12-19(24(3,21)22)14-8-10-15(23-2)11-9-14/h4-11H,12H2,1-3H3,(H,18,20). The van der Waals surface area contributed by atoms with Gasteiger partial charge in [-0.15, -0.1) is 0 Å². The van der Waals surface area contributed by atoms with Gasteiger partial charge in [0.15, 0.2) is 0 Å². The molecule has 0 aromatic heterocycles. The summed E-state index contributed by atoms with van der Waals surface area (Å²) in [6.07, 6.45) is 1.07. The van der Waals surface area contributed by atoms with Gasteiger partial charge >= 0.3 is 0 Å². The van der Waals surface area contributed by atoms with Crippen LogP contribution in [0, 0.1) is 6.92 Å². The summed E-state index contributed by atoms with van der Waals surface area (Å²) in [5.74, 6) is 0.196. The van der Waals surface area contributed by atoms with Crippen molar-refractivity contribution in [3.63, 3.8) is 0 Å². The van der Waals surface area contributed by atoms with Crippen molar-refractivity contribution in [2.75, 3.05) is 29.5 Å². The van der Waals surface area contributed by atoms with Crippen molar-refractivity contribution in [3.05, 3.63) is 54.1 Å². The fourth-order valence-corrected chi connectivity index (χ4v) is 3.04. The van der Waals surface area contributed by atoms with Crippen LogP contribution in [0.1, 0.15) is 5.56 Å². The van der Waals surface area contributed by atoms with Crippen molar-refractivity contribution < 1.29 is 17.9 Å². The Hall–Kier alpha value is -2.54. The number of nitrogens with zero attached hydrogens (tertiary/aromatic N) is 1. The summed E-state index contributed by atoms with van der Waals surface area (Å²) in [5.41, 5.74) is 1.96. The Morgan fingerprint density at radius 2 is 1.75 bits per heavy atom. The van der Waals surface area contributed by atoms with Gasteiger partial charge in [0, 0.05) is 5.69 Å². The van der Waals surface area contributed by atoms with E-state index in [1.165, 1.54) is 7.11 Å². The molecule has 0 unspecified atom stereocenters. The highest BCUT2D eigenvalue weighted by Crippen LogP contribution is 2.21. The first-order valence-electron chi connectivity index (χ1n) is 7.28. The van der Waals surface area contributed by atoms with Crippen LogP contribution < -0.4 is 14.4 Å². The molecule has 0 fully saturated rings. The van der Waals surface area contributed by atoms with E-state index in [1.807, 2.05) is 19.1 Å². The van der Waals surface area contributed by atoms with E-state index in [0.717, 1.165) is 16.1 Å². The van der Waals surface area contributed by atoms with Crippen LogP contribution in [0.5, 0.6) is 5.75 Å². The first kappa shape index (κ1) is 17.8. The van der Waals surface area contributed by atoms with Crippen LogP contribution in [0.4, 0.5) is 11.4 Å². The number of amides is 1. The van der Waals surface area contributed by atoms with Gasteiger partial charge in [0.25, 0.3) is 0 Å². The lowest BCUT2D eigenvalue weighted by Gasteiger charge is -2.22. The first-order valence-corrected chi connectivity index (χ1v) is 9.13. The molecule has 0 spiro atoms. The third kappa shape index (κ3) is 4.48. The Morgan fingerprint density at radius 3 is 2.29 bits per heavy atom. The van der Waals surface area contributed by atoms with Gasteiger partial charge < -0.3 is 10.1 Å².